The van der Waals surface area contributed by atoms with Gasteiger partial charge in [0.1, 0.15) is 11.8 Å². The Morgan fingerprint density at radius 2 is 2.18 bits per heavy atom. The van der Waals surface area contributed by atoms with Gasteiger partial charge < -0.3 is 5.32 Å². The highest BCUT2D eigenvalue weighted by atomic mass is 15.2. The van der Waals surface area contributed by atoms with Gasteiger partial charge in [-0.15, -0.1) is 0 Å². The Morgan fingerprint density at radius 3 is 2.88 bits per heavy atom. The summed E-state index contributed by atoms with van der Waals surface area (Å²) in [5.74, 6) is 0.781. The molecule has 0 unspecified atom stereocenters. The second-order valence-electron chi connectivity index (χ2n) is 4.14. The molecule has 90 valence electrons. The molecule has 2 rings (SSSR count). The molecule has 17 heavy (non-hydrogen) atoms. The number of rotatable bonds is 4. The molecule has 0 radical (unpaired) electrons. The van der Waals surface area contributed by atoms with Gasteiger partial charge in [0.05, 0.1) is 5.69 Å². The summed E-state index contributed by atoms with van der Waals surface area (Å²) in [4.78, 5) is 8.47. The van der Waals surface area contributed by atoms with Crippen LogP contribution in [0.5, 0.6) is 0 Å². The predicted octanol–water partition coefficient (Wildman–Crippen LogP) is 2.29. The first-order valence-electron chi connectivity index (χ1n) is 5.77. The highest BCUT2D eigenvalue weighted by Gasteiger charge is 2.09. The molecule has 5 heteroatoms. The third-order valence-corrected chi connectivity index (χ3v) is 2.54. The first kappa shape index (κ1) is 11.6. The van der Waals surface area contributed by atoms with E-state index < -0.39 is 0 Å². The molecule has 0 aliphatic rings. The summed E-state index contributed by atoms with van der Waals surface area (Å²) in [7, 11) is 0. The van der Waals surface area contributed by atoms with Crippen molar-refractivity contribution in [3.05, 3.63) is 23.7 Å². The van der Waals surface area contributed by atoms with E-state index in [-0.39, 0.29) is 0 Å². The molecule has 0 aromatic carbocycles. The van der Waals surface area contributed by atoms with Gasteiger partial charge in [0.2, 0.25) is 0 Å². The van der Waals surface area contributed by atoms with Crippen molar-refractivity contribution >= 4 is 16.9 Å². The van der Waals surface area contributed by atoms with E-state index in [1.807, 2.05) is 0 Å². The Balaban J connectivity index is 2.28. The Bertz CT molecular complexity index is 537. The van der Waals surface area contributed by atoms with Gasteiger partial charge in [-0.2, -0.15) is 5.10 Å². The number of hydrogen-bond acceptors (Lipinski definition) is 4. The third-order valence-electron chi connectivity index (χ3n) is 2.54. The topological polar surface area (TPSA) is 66.5 Å². The van der Waals surface area contributed by atoms with Gasteiger partial charge in [-0.05, 0) is 20.3 Å². The van der Waals surface area contributed by atoms with Crippen molar-refractivity contribution in [3.8, 4) is 0 Å². The molecule has 0 saturated carbocycles. The number of fused-ring (bicyclic) bond motifs is 1. The molecule has 0 amide bonds. The molecule has 0 atom stereocenters. The highest BCUT2D eigenvalue weighted by Crippen LogP contribution is 2.19. The SMILES string of the molecule is CCc1[nH]nc2c(NCC=C(C)C)ncnc12. The van der Waals surface area contributed by atoms with E-state index in [4.69, 9.17) is 0 Å². The summed E-state index contributed by atoms with van der Waals surface area (Å²) in [6.45, 7) is 6.97. The van der Waals surface area contributed by atoms with E-state index in [9.17, 15) is 0 Å². The number of aromatic nitrogens is 4. The molecule has 0 aliphatic carbocycles. The maximum Gasteiger partial charge on any atom is 0.158 e. The Kier molecular flexibility index (Phi) is 3.37. The van der Waals surface area contributed by atoms with E-state index in [0.29, 0.717) is 0 Å². The highest BCUT2D eigenvalue weighted by molar-refractivity contribution is 5.86. The predicted molar refractivity (Wildman–Crippen MR) is 69.0 cm³/mol. The van der Waals surface area contributed by atoms with Crippen LogP contribution in [-0.4, -0.2) is 26.7 Å². The molecule has 0 fully saturated rings. The smallest absolute Gasteiger partial charge is 0.158 e. The fourth-order valence-corrected chi connectivity index (χ4v) is 1.61. The number of hydrogen-bond donors (Lipinski definition) is 2. The van der Waals surface area contributed by atoms with Crippen LogP contribution in [0, 0.1) is 0 Å². The lowest BCUT2D eigenvalue weighted by Gasteiger charge is -2.02. The maximum absolute atomic E-state index is 4.26. The molecule has 5 nitrogen and oxygen atoms in total. The number of aromatic amines is 1. The second-order valence-corrected chi connectivity index (χ2v) is 4.14. The number of anilines is 1. The van der Waals surface area contributed by atoms with Crippen molar-refractivity contribution in [1.82, 2.24) is 20.2 Å². The van der Waals surface area contributed by atoms with Gasteiger partial charge in [0, 0.05) is 6.54 Å². The average molecular weight is 231 g/mol. The van der Waals surface area contributed by atoms with Gasteiger partial charge in [-0.3, -0.25) is 5.10 Å². The monoisotopic (exact) mass is 231 g/mol. The van der Waals surface area contributed by atoms with Crippen LogP contribution in [0.4, 0.5) is 5.82 Å². The molecule has 2 aromatic heterocycles. The normalized spacial score (nSPS) is 10.5. The molecule has 0 saturated heterocycles. The van der Waals surface area contributed by atoms with Crippen LogP contribution in [0.2, 0.25) is 0 Å². The lowest BCUT2D eigenvalue weighted by Crippen LogP contribution is -2.02. The van der Waals surface area contributed by atoms with Gasteiger partial charge in [-0.25, -0.2) is 9.97 Å². The molecule has 2 heterocycles. The zero-order valence-electron chi connectivity index (χ0n) is 10.4. The molecule has 0 spiro atoms. The number of nitrogens with zero attached hydrogens (tertiary/aromatic N) is 3. The lowest BCUT2D eigenvalue weighted by molar-refractivity contribution is 0.985. The van der Waals surface area contributed by atoms with Crippen molar-refractivity contribution in [1.29, 1.82) is 0 Å². The molecule has 2 N–H and O–H groups in total. The number of nitrogens with one attached hydrogen (secondary N) is 2. The number of allylic oxidation sites excluding steroid dienone is 1. The second kappa shape index (κ2) is 4.95. The number of H-pyrrole nitrogens is 1. The van der Waals surface area contributed by atoms with Crippen LogP contribution in [-0.2, 0) is 6.42 Å². The molecular weight excluding hydrogens is 214 g/mol. The molecule has 0 aliphatic heterocycles. The first-order valence-corrected chi connectivity index (χ1v) is 5.77. The average Bonchev–Trinajstić information content (AvgIpc) is 2.72. The minimum absolute atomic E-state index is 0.753. The van der Waals surface area contributed by atoms with Crippen molar-refractivity contribution < 1.29 is 0 Å². The fraction of sp³-hybridized carbons (Fsp3) is 0.417. The third kappa shape index (κ3) is 2.43. The lowest BCUT2D eigenvalue weighted by atomic mass is 10.3. The van der Waals surface area contributed by atoms with Crippen molar-refractivity contribution in [2.45, 2.75) is 27.2 Å². The van der Waals surface area contributed by atoms with Crippen LogP contribution in [0.3, 0.4) is 0 Å². The van der Waals surface area contributed by atoms with Crippen LogP contribution >= 0.6 is 0 Å². The Morgan fingerprint density at radius 1 is 1.35 bits per heavy atom. The van der Waals surface area contributed by atoms with Crippen LogP contribution in [0.15, 0.2) is 18.0 Å². The van der Waals surface area contributed by atoms with Gasteiger partial charge in [0.25, 0.3) is 0 Å². The fourth-order valence-electron chi connectivity index (χ4n) is 1.61. The largest absolute Gasteiger partial charge is 0.365 e. The zero-order chi connectivity index (χ0) is 12.3. The minimum Gasteiger partial charge on any atom is -0.365 e. The van der Waals surface area contributed by atoms with E-state index in [1.165, 1.54) is 5.57 Å². The Labute approximate surface area is 100 Å². The summed E-state index contributed by atoms with van der Waals surface area (Å²) in [6, 6.07) is 0. The van der Waals surface area contributed by atoms with Gasteiger partial charge in [0.15, 0.2) is 11.3 Å². The summed E-state index contributed by atoms with van der Waals surface area (Å²) >= 11 is 0. The van der Waals surface area contributed by atoms with Crippen molar-refractivity contribution in [2.24, 2.45) is 0 Å². The summed E-state index contributed by atoms with van der Waals surface area (Å²) in [5, 5.41) is 10.5. The Hall–Kier alpha value is -1.91. The van der Waals surface area contributed by atoms with E-state index in [1.54, 1.807) is 6.33 Å². The van der Waals surface area contributed by atoms with Crippen molar-refractivity contribution in [3.63, 3.8) is 0 Å². The summed E-state index contributed by atoms with van der Waals surface area (Å²) in [6.07, 6.45) is 4.57. The summed E-state index contributed by atoms with van der Waals surface area (Å²) in [5.41, 5.74) is 4.04. The maximum atomic E-state index is 4.26. The van der Waals surface area contributed by atoms with E-state index in [2.05, 4.69) is 52.3 Å². The summed E-state index contributed by atoms with van der Waals surface area (Å²) < 4.78 is 0. The van der Waals surface area contributed by atoms with Gasteiger partial charge in [-0.1, -0.05) is 18.6 Å². The van der Waals surface area contributed by atoms with E-state index >= 15 is 0 Å². The molecule has 0 bridgehead atoms. The molecule has 2 aromatic rings. The quantitative estimate of drug-likeness (QED) is 0.792. The van der Waals surface area contributed by atoms with Crippen LogP contribution in [0.1, 0.15) is 26.5 Å². The van der Waals surface area contributed by atoms with Gasteiger partial charge >= 0.3 is 0 Å². The van der Waals surface area contributed by atoms with Crippen molar-refractivity contribution in [2.75, 3.05) is 11.9 Å². The molecular formula is C12H17N5. The number of aryl methyl sites for hydroxylation is 1. The standard InChI is InChI=1S/C12H17N5/c1-4-9-10-11(17-16-9)12(15-7-14-10)13-6-5-8(2)3/h5,7H,4,6H2,1-3H3,(H,16,17)(H,13,14,15). The van der Waals surface area contributed by atoms with Crippen LogP contribution < -0.4 is 5.32 Å². The zero-order valence-corrected chi connectivity index (χ0v) is 10.4. The van der Waals surface area contributed by atoms with Crippen LogP contribution in [0.25, 0.3) is 11.0 Å². The minimum atomic E-state index is 0.753. The first-order chi connectivity index (χ1) is 8.22. The van der Waals surface area contributed by atoms with E-state index in [0.717, 1.165) is 35.5 Å².